The molecule has 0 aliphatic carbocycles. The molecule has 4 rings (SSSR count). The van der Waals surface area contributed by atoms with E-state index in [4.69, 9.17) is 9.47 Å². The fourth-order valence-electron chi connectivity index (χ4n) is 4.10. The Balaban J connectivity index is 1.35. The average molecular weight is 380 g/mol. The van der Waals surface area contributed by atoms with E-state index >= 15 is 0 Å². The highest BCUT2D eigenvalue weighted by molar-refractivity contribution is 5.93. The number of hydrogen-bond acceptors (Lipinski definition) is 4. The molecule has 1 fully saturated rings. The van der Waals surface area contributed by atoms with Crippen LogP contribution in [0.4, 0.5) is 0 Å². The molecule has 0 N–H and O–H groups in total. The number of rotatable bonds is 6. The third-order valence-electron chi connectivity index (χ3n) is 5.87. The van der Waals surface area contributed by atoms with Crippen LogP contribution in [0.15, 0.2) is 42.5 Å². The van der Waals surface area contributed by atoms with Crippen molar-refractivity contribution in [3.63, 3.8) is 0 Å². The molecular formula is C24H29NO3. The second kappa shape index (κ2) is 8.78. The first kappa shape index (κ1) is 19.0. The van der Waals surface area contributed by atoms with Gasteiger partial charge in [0.15, 0.2) is 0 Å². The topological polar surface area (TPSA) is 38.8 Å². The number of piperidine rings is 1. The number of fused-ring (bicyclic) bond motifs is 2. The summed E-state index contributed by atoms with van der Waals surface area (Å²) in [7, 11) is 0. The number of ether oxygens (including phenoxy) is 2. The summed E-state index contributed by atoms with van der Waals surface area (Å²) in [6.45, 7) is 6.15. The molecule has 0 atom stereocenters. The van der Waals surface area contributed by atoms with Crippen molar-refractivity contribution in [2.45, 2.75) is 39.0 Å². The first-order chi connectivity index (χ1) is 13.7. The summed E-state index contributed by atoms with van der Waals surface area (Å²) in [5, 5.41) is 0. The van der Waals surface area contributed by atoms with Gasteiger partial charge in [-0.05, 0) is 62.5 Å². The van der Waals surface area contributed by atoms with Gasteiger partial charge in [-0.15, -0.1) is 0 Å². The third-order valence-corrected chi connectivity index (χ3v) is 5.87. The molecule has 2 aromatic carbocycles. The van der Waals surface area contributed by atoms with E-state index in [0.29, 0.717) is 23.8 Å². The van der Waals surface area contributed by atoms with Gasteiger partial charge in [-0.2, -0.15) is 0 Å². The minimum absolute atomic E-state index is 0.273. The second-order valence-corrected chi connectivity index (χ2v) is 7.92. The molecule has 28 heavy (non-hydrogen) atoms. The zero-order valence-electron chi connectivity index (χ0n) is 16.7. The monoisotopic (exact) mass is 379 g/mol. The average Bonchev–Trinajstić information content (AvgIpc) is 2.75. The summed E-state index contributed by atoms with van der Waals surface area (Å²) >= 11 is 0. The van der Waals surface area contributed by atoms with Crippen LogP contribution >= 0.6 is 0 Å². The molecule has 2 heterocycles. The van der Waals surface area contributed by atoms with Gasteiger partial charge in [0.2, 0.25) is 0 Å². The maximum Gasteiger partial charge on any atom is 0.341 e. The van der Waals surface area contributed by atoms with Crippen molar-refractivity contribution in [3.05, 3.63) is 59.2 Å². The van der Waals surface area contributed by atoms with Crippen molar-refractivity contribution in [1.82, 2.24) is 4.90 Å². The van der Waals surface area contributed by atoms with Gasteiger partial charge in [0, 0.05) is 12.0 Å². The van der Waals surface area contributed by atoms with Crippen LogP contribution in [-0.4, -0.2) is 37.1 Å². The summed E-state index contributed by atoms with van der Waals surface area (Å²) in [6.07, 6.45) is 5.50. The lowest BCUT2D eigenvalue weighted by atomic mass is 9.97. The molecule has 0 spiro atoms. The van der Waals surface area contributed by atoms with Crippen molar-refractivity contribution in [1.29, 1.82) is 0 Å². The Morgan fingerprint density at radius 3 is 2.71 bits per heavy atom. The highest BCUT2D eigenvalue weighted by Crippen LogP contribution is 2.38. The maximum absolute atomic E-state index is 12.8. The Labute approximate surface area is 167 Å². The molecule has 4 nitrogen and oxygen atoms in total. The minimum Gasteiger partial charge on any atom is -0.462 e. The first-order valence-electron chi connectivity index (χ1n) is 10.5. The predicted molar refractivity (Wildman–Crippen MR) is 110 cm³/mol. The fourth-order valence-corrected chi connectivity index (χ4v) is 4.10. The van der Waals surface area contributed by atoms with Crippen LogP contribution in [0.5, 0.6) is 11.5 Å². The lowest BCUT2D eigenvalue weighted by Gasteiger charge is -2.31. The number of carbonyl (C=O) groups is 1. The lowest BCUT2D eigenvalue weighted by molar-refractivity contribution is 0.0369. The smallest absolute Gasteiger partial charge is 0.341 e. The summed E-state index contributed by atoms with van der Waals surface area (Å²) in [4.78, 5) is 15.3. The zero-order chi connectivity index (χ0) is 19.3. The minimum atomic E-state index is -0.273. The Bertz CT molecular complexity index is 824. The molecule has 0 radical (unpaired) electrons. The molecule has 1 saturated heterocycles. The van der Waals surface area contributed by atoms with Gasteiger partial charge in [0.25, 0.3) is 0 Å². The Morgan fingerprint density at radius 2 is 1.89 bits per heavy atom. The van der Waals surface area contributed by atoms with Gasteiger partial charge in [0.1, 0.15) is 17.1 Å². The van der Waals surface area contributed by atoms with Crippen LogP contribution in [-0.2, 0) is 11.2 Å². The number of carbonyl (C=O) groups excluding carboxylic acids is 1. The number of unbranched alkanes of at least 4 members (excludes halogenated alkanes) is 1. The van der Waals surface area contributed by atoms with E-state index in [1.165, 1.54) is 19.4 Å². The van der Waals surface area contributed by atoms with Gasteiger partial charge < -0.3 is 14.4 Å². The molecule has 2 aliphatic heterocycles. The molecule has 2 aromatic rings. The lowest BCUT2D eigenvalue weighted by Crippen LogP contribution is -2.36. The van der Waals surface area contributed by atoms with E-state index in [-0.39, 0.29) is 5.97 Å². The van der Waals surface area contributed by atoms with E-state index in [1.54, 1.807) is 0 Å². The van der Waals surface area contributed by atoms with E-state index in [0.717, 1.165) is 49.2 Å². The number of benzene rings is 2. The summed E-state index contributed by atoms with van der Waals surface area (Å²) in [5.74, 6) is 1.67. The van der Waals surface area contributed by atoms with Crippen LogP contribution in [0.3, 0.4) is 0 Å². The molecule has 148 valence electrons. The normalized spacial score (nSPS) is 16.8. The largest absolute Gasteiger partial charge is 0.462 e. The molecule has 0 aromatic heterocycles. The van der Waals surface area contributed by atoms with Crippen LogP contribution in [0, 0.1) is 5.92 Å². The molecule has 4 heteroatoms. The Kier molecular flexibility index (Phi) is 5.96. The molecular weight excluding hydrogens is 350 g/mol. The Hall–Kier alpha value is -2.33. The van der Waals surface area contributed by atoms with Gasteiger partial charge >= 0.3 is 5.97 Å². The van der Waals surface area contributed by atoms with Crippen molar-refractivity contribution in [3.8, 4) is 11.5 Å². The van der Waals surface area contributed by atoms with Crippen molar-refractivity contribution < 1.29 is 14.3 Å². The van der Waals surface area contributed by atoms with Crippen LogP contribution < -0.4 is 4.74 Å². The van der Waals surface area contributed by atoms with Crippen LogP contribution in [0.1, 0.15) is 54.1 Å². The first-order valence-corrected chi connectivity index (χ1v) is 10.5. The maximum atomic E-state index is 12.8. The standard InChI is InChI=1S/C24H29NO3/c1-2-3-13-25-14-11-18(12-15-25)17-27-24(26)21-9-6-8-20-16-19-7-4-5-10-22(19)28-23(20)21/h4-10,18H,2-3,11-17H2,1H3. The summed E-state index contributed by atoms with van der Waals surface area (Å²) < 4.78 is 11.8. The molecule has 2 aliphatic rings. The number of nitrogens with zero attached hydrogens (tertiary/aromatic N) is 1. The summed E-state index contributed by atoms with van der Waals surface area (Å²) in [6, 6.07) is 13.7. The van der Waals surface area contributed by atoms with Gasteiger partial charge in [-0.1, -0.05) is 43.7 Å². The zero-order valence-corrected chi connectivity index (χ0v) is 16.7. The Morgan fingerprint density at radius 1 is 1.11 bits per heavy atom. The van der Waals surface area contributed by atoms with Crippen LogP contribution in [0.25, 0.3) is 0 Å². The van der Waals surface area contributed by atoms with E-state index in [1.807, 2.05) is 36.4 Å². The van der Waals surface area contributed by atoms with Crippen molar-refractivity contribution in [2.24, 2.45) is 5.92 Å². The number of para-hydroxylation sites is 2. The number of hydrogen-bond donors (Lipinski definition) is 0. The van der Waals surface area contributed by atoms with Crippen molar-refractivity contribution in [2.75, 3.05) is 26.2 Å². The number of likely N-dealkylation sites (tertiary alicyclic amines) is 1. The third kappa shape index (κ3) is 4.22. The van der Waals surface area contributed by atoms with E-state index in [2.05, 4.69) is 17.9 Å². The second-order valence-electron chi connectivity index (χ2n) is 7.92. The fraction of sp³-hybridized carbons (Fsp3) is 0.458. The highest BCUT2D eigenvalue weighted by atomic mass is 16.5. The highest BCUT2D eigenvalue weighted by Gasteiger charge is 2.25. The quantitative estimate of drug-likeness (QED) is 0.562. The van der Waals surface area contributed by atoms with Gasteiger partial charge in [0.05, 0.1) is 6.61 Å². The van der Waals surface area contributed by atoms with Crippen LogP contribution in [0.2, 0.25) is 0 Å². The van der Waals surface area contributed by atoms with Gasteiger partial charge in [-0.25, -0.2) is 4.79 Å². The van der Waals surface area contributed by atoms with Gasteiger partial charge in [-0.3, -0.25) is 0 Å². The SMILES string of the molecule is CCCCN1CCC(COC(=O)c2cccc3c2Oc2ccccc2C3)CC1. The molecule has 0 unspecified atom stereocenters. The van der Waals surface area contributed by atoms with E-state index < -0.39 is 0 Å². The summed E-state index contributed by atoms with van der Waals surface area (Å²) in [5.41, 5.74) is 2.72. The molecule has 0 bridgehead atoms. The number of esters is 1. The molecule has 0 saturated carbocycles. The predicted octanol–water partition coefficient (Wildman–Crippen LogP) is 5.05. The van der Waals surface area contributed by atoms with Crippen molar-refractivity contribution >= 4 is 5.97 Å². The molecule has 0 amide bonds. The van der Waals surface area contributed by atoms with E-state index in [9.17, 15) is 4.79 Å².